The van der Waals surface area contributed by atoms with E-state index in [9.17, 15) is 4.79 Å². The second-order valence-corrected chi connectivity index (χ2v) is 8.01. The number of rotatable bonds is 4. The smallest absolute Gasteiger partial charge is 0.255 e. The third-order valence-corrected chi connectivity index (χ3v) is 5.11. The van der Waals surface area contributed by atoms with E-state index < -0.39 is 0 Å². The molecule has 1 aliphatic rings. The summed E-state index contributed by atoms with van der Waals surface area (Å²) in [5.41, 5.74) is 0.796. The number of nitrogens with zero attached hydrogens (tertiary/aromatic N) is 1. The normalized spacial score (nSPS) is 15.8. The molecule has 0 unspecified atom stereocenters. The van der Waals surface area contributed by atoms with Gasteiger partial charge in [0, 0.05) is 20.6 Å². The molecule has 2 rings (SSSR count). The van der Waals surface area contributed by atoms with Crippen molar-refractivity contribution in [3.8, 4) is 0 Å². The molecule has 0 N–H and O–H groups in total. The van der Waals surface area contributed by atoms with Crippen LogP contribution in [0.1, 0.15) is 49.9 Å². The SMILES string of the molecule is CC(C)CN(C(=O)c1cc(I)ccc1Br)C1CCCC1. The summed E-state index contributed by atoms with van der Waals surface area (Å²) in [5.74, 6) is 0.678. The molecule has 0 spiro atoms. The Morgan fingerprint density at radius 1 is 1.40 bits per heavy atom. The molecule has 110 valence electrons. The quantitative estimate of drug-likeness (QED) is 0.586. The van der Waals surface area contributed by atoms with Gasteiger partial charge < -0.3 is 4.90 Å². The minimum absolute atomic E-state index is 0.177. The molecule has 1 aromatic carbocycles. The highest BCUT2D eigenvalue weighted by Gasteiger charge is 2.28. The van der Waals surface area contributed by atoms with Gasteiger partial charge in [-0.25, -0.2) is 0 Å². The molecule has 2 nitrogen and oxygen atoms in total. The van der Waals surface area contributed by atoms with E-state index in [2.05, 4.69) is 57.3 Å². The summed E-state index contributed by atoms with van der Waals surface area (Å²) in [6, 6.07) is 6.39. The van der Waals surface area contributed by atoms with Gasteiger partial charge in [0.1, 0.15) is 0 Å². The van der Waals surface area contributed by atoms with Crippen molar-refractivity contribution < 1.29 is 4.79 Å². The van der Waals surface area contributed by atoms with E-state index in [1.807, 2.05) is 18.2 Å². The maximum atomic E-state index is 12.9. The van der Waals surface area contributed by atoms with Gasteiger partial charge in [0.2, 0.25) is 0 Å². The lowest BCUT2D eigenvalue weighted by Gasteiger charge is -2.31. The van der Waals surface area contributed by atoms with Crippen molar-refractivity contribution in [2.75, 3.05) is 6.54 Å². The van der Waals surface area contributed by atoms with Crippen LogP contribution in [0, 0.1) is 9.49 Å². The van der Waals surface area contributed by atoms with Gasteiger partial charge in [-0.3, -0.25) is 4.79 Å². The number of carbonyl (C=O) groups excluding carboxylic acids is 1. The van der Waals surface area contributed by atoms with Gasteiger partial charge in [-0.15, -0.1) is 0 Å². The van der Waals surface area contributed by atoms with Crippen LogP contribution in [0.5, 0.6) is 0 Å². The number of amides is 1. The predicted octanol–water partition coefficient (Wildman–Crippen LogP) is 5.09. The molecule has 1 aliphatic carbocycles. The highest BCUT2D eigenvalue weighted by atomic mass is 127. The van der Waals surface area contributed by atoms with Crippen LogP contribution in [0.15, 0.2) is 22.7 Å². The predicted molar refractivity (Wildman–Crippen MR) is 95.0 cm³/mol. The Bertz CT molecular complexity index is 483. The first kappa shape index (κ1) is 16.3. The first-order chi connectivity index (χ1) is 9.49. The maximum absolute atomic E-state index is 12.9. The Balaban J connectivity index is 2.27. The zero-order chi connectivity index (χ0) is 14.7. The average molecular weight is 450 g/mol. The van der Waals surface area contributed by atoms with Crippen molar-refractivity contribution in [3.63, 3.8) is 0 Å². The molecule has 20 heavy (non-hydrogen) atoms. The number of halogens is 2. The maximum Gasteiger partial charge on any atom is 0.255 e. The van der Waals surface area contributed by atoms with Crippen molar-refractivity contribution in [2.45, 2.75) is 45.6 Å². The highest BCUT2D eigenvalue weighted by Crippen LogP contribution is 2.28. The summed E-state index contributed by atoms with van der Waals surface area (Å²) in [6.07, 6.45) is 4.81. The minimum Gasteiger partial charge on any atom is -0.335 e. The molecule has 0 saturated heterocycles. The fourth-order valence-electron chi connectivity index (χ4n) is 2.82. The molecule has 0 radical (unpaired) electrons. The van der Waals surface area contributed by atoms with Crippen LogP contribution in [0.2, 0.25) is 0 Å². The Morgan fingerprint density at radius 3 is 2.65 bits per heavy atom. The van der Waals surface area contributed by atoms with Crippen LogP contribution in [-0.4, -0.2) is 23.4 Å². The highest BCUT2D eigenvalue weighted by molar-refractivity contribution is 14.1. The van der Waals surface area contributed by atoms with Crippen LogP contribution in [0.4, 0.5) is 0 Å². The molecule has 4 heteroatoms. The van der Waals surface area contributed by atoms with Crippen LogP contribution in [-0.2, 0) is 0 Å². The average Bonchev–Trinajstić information content (AvgIpc) is 2.91. The summed E-state index contributed by atoms with van der Waals surface area (Å²) < 4.78 is 2.00. The van der Waals surface area contributed by atoms with Gasteiger partial charge >= 0.3 is 0 Å². The molecule has 0 heterocycles. The Kier molecular flexibility index (Phi) is 5.90. The van der Waals surface area contributed by atoms with Gasteiger partial charge in [-0.05, 0) is 75.5 Å². The van der Waals surface area contributed by atoms with Crippen molar-refractivity contribution in [3.05, 3.63) is 31.8 Å². The van der Waals surface area contributed by atoms with Gasteiger partial charge in [0.25, 0.3) is 5.91 Å². The Hall–Kier alpha value is -0.100. The van der Waals surface area contributed by atoms with Gasteiger partial charge in [-0.2, -0.15) is 0 Å². The first-order valence-electron chi connectivity index (χ1n) is 7.25. The topological polar surface area (TPSA) is 20.3 Å². The van der Waals surface area contributed by atoms with Gasteiger partial charge in [-0.1, -0.05) is 26.7 Å². The lowest BCUT2D eigenvalue weighted by atomic mass is 10.1. The molecule has 1 saturated carbocycles. The molecule has 0 aromatic heterocycles. The Morgan fingerprint density at radius 2 is 2.05 bits per heavy atom. The fourth-order valence-corrected chi connectivity index (χ4v) is 3.73. The van der Waals surface area contributed by atoms with Crippen LogP contribution < -0.4 is 0 Å². The lowest BCUT2D eigenvalue weighted by Crippen LogP contribution is -2.41. The molecule has 0 bridgehead atoms. The second-order valence-electron chi connectivity index (χ2n) is 5.91. The standard InChI is InChI=1S/C16H21BrINO/c1-11(2)10-19(13-5-3-4-6-13)16(20)14-9-12(18)7-8-15(14)17/h7-9,11,13H,3-6,10H2,1-2H3. The number of hydrogen-bond donors (Lipinski definition) is 0. The zero-order valence-electron chi connectivity index (χ0n) is 12.0. The number of hydrogen-bond acceptors (Lipinski definition) is 1. The number of benzene rings is 1. The van der Waals surface area contributed by atoms with E-state index in [0.29, 0.717) is 12.0 Å². The molecule has 0 atom stereocenters. The lowest BCUT2D eigenvalue weighted by molar-refractivity contribution is 0.0654. The summed E-state index contributed by atoms with van der Waals surface area (Å²) in [5, 5.41) is 0. The monoisotopic (exact) mass is 449 g/mol. The van der Waals surface area contributed by atoms with E-state index in [4.69, 9.17) is 0 Å². The molecular weight excluding hydrogens is 429 g/mol. The first-order valence-corrected chi connectivity index (χ1v) is 9.12. The summed E-state index contributed by atoms with van der Waals surface area (Å²) in [4.78, 5) is 15.0. The third-order valence-electron chi connectivity index (χ3n) is 3.75. The fraction of sp³-hybridized carbons (Fsp3) is 0.562. The molecule has 1 amide bonds. The molecule has 1 fully saturated rings. The third kappa shape index (κ3) is 3.97. The number of carbonyl (C=O) groups is 1. The molecular formula is C16H21BrINO. The van der Waals surface area contributed by atoms with Gasteiger partial charge in [0.15, 0.2) is 0 Å². The van der Waals surface area contributed by atoms with Crippen LogP contribution in [0.25, 0.3) is 0 Å². The van der Waals surface area contributed by atoms with Crippen LogP contribution >= 0.6 is 38.5 Å². The molecule has 0 aliphatic heterocycles. The zero-order valence-corrected chi connectivity index (χ0v) is 15.8. The van der Waals surface area contributed by atoms with E-state index in [1.54, 1.807) is 0 Å². The summed E-state index contributed by atoms with van der Waals surface area (Å²) in [7, 11) is 0. The minimum atomic E-state index is 0.177. The Labute approximate surface area is 143 Å². The van der Waals surface area contributed by atoms with Gasteiger partial charge in [0.05, 0.1) is 5.56 Å². The van der Waals surface area contributed by atoms with Crippen molar-refractivity contribution >= 4 is 44.4 Å². The van der Waals surface area contributed by atoms with E-state index >= 15 is 0 Å². The van der Waals surface area contributed by atoms with Crippen molar-refractivity contribution in [2.24, 2.45) is 5.92 Å². The summed E-state index contributed by atoms with van der Waals surface area (Å²) >= 11 is 5.78. The molecule has 1 aromatic rings. The van der Waals surface area contributed by atoms with Crippen molar-refractivity contribution in [1.29, 1.82) is 0 Å². The van der Waals surface area contributed by atoms with E-state index in [0.717, 1.165) is 33.0 Å². The van der Waals surface area contributed by atoms with Crippen LogP contribution in [0.3, 0.4) is 0 Å². The van der Waals surface area contributed by atoms with E-state index in [1.165, 1.54) is 12.8 Å². The van der Waals surface area contributed by atoms with E-state index in [-0.39, 0.29) is 5.91 Å². The van der Waals surface area contributed by atoms with Crippen molar-refractivity contribution in [1.82, 2.24) is 4.90 Å². The summed E-state index contributed by atoms with van der Waals surface area (Å²) in [6.45, 7) is 5.21. The largest absolute Gasteiger partial charge is 0.335 e. The second kappa shape index (κ2) is 7.25.